The second-order valence-electron chi connectivity index (χ2n) is 5.36. The molecule has 20 heavy (non-hydrogen) atoms. The van der Waals surface area contributed by atoms with Crippen LogP contribution in [-0.2, 0) is 18.4 Å². The number of allylic oxidation sites excluding steroid dienone is 2. The maximum atomic E-state index is 11.9. The number of hydrogen-bond donors (Lipinski definition) is 1. The topological polar surface area (TPSA) is 72.8 Å². The van der Waals surface area contributed by atoms with Crippen LogP contribution in [0.15, 0.2) is 23.8 Å². The second kappa shape index (κ2) is 6.81. The molecule has 114 valence electrons. The minimum Gasteiger partial charge on any atom is -0.385 e. The van der Waals surface area contributed by atoms with E-state index in [0.29, 0.717) is 6.42 Å². The van der Waals surface area contributed by atoms with Gasteiger partial charge in [-0.15, -0.1) is 0 Å². The molecule has 6 heteroatoms. The molecule has 0 spiro atoms. The summed E-state index contributed by atoms with van der Waals surface area (Å²) in [6.07, 6.45) is 5.65. The van der Waals surface area contributed by atoms with Gasteiger partial charge in [-0.2, -0.15) is 0 Å². The van der Waals surface area contributed by atoms with Crippen LogP contribution in [0.2, 0.25) is 0 Å². The first-order valence-corrected chi connectivity index (χ1v) is 8.29. The van der Waals surface area contributed by atoms with Crippen molar-refractivity contribution >= 4 is 13.4 Å². The average Bonchev–Trinajstić information content (AvgIpc) is 2.38. The number of aliphatic hydroxyl groups is 1. The maximum Gasteiger partial charge on any atom is 0.337 e. The summed E-state index contributed by atoms with van der Waals surface area (Å²) in [7, 11) is -0.790. The normalized spacial score (nSPS) is 23.0. The number of carbonyl (C=O) groups is 1. The molecule has 0 fully saturated rings. The van der Waals surface area contributed by atoms with Gasteiger partial charge < -0.3 is 14.2 Å². The quantitative estimate of drug-likeness (QED) is 0.732. The number of hydrogen-bond acceptors (Lipinski definition) is 5. The lowest BCUT2D eigenvalue weighted by atomic mass is 9.80. The lowest BCUT2D eigenvalue weighted by Crippen LogP contribution is -2.34. The minimum absolute atomic E-state index is 0.0570. The summed E-state index contributed by atoms with van der Waals surface area (Å²) in [4.78, 5) is 11.9. The highest BCUT2D eigenvalue weighted by Crippen LogP contribution is 2.46. The van der Waals surface area contributed by atoms with Gasteiger partial charge >= 0.3 is 7.60 Å². The molecule has 1 aliphatic rings. The Morgan fingerprint density at radius 3 is 2.55 bits per heavy atom. The predicted octanol–water partition coefficient (Wildman–Crippen LogP) is 2.70. The van der Waals surface area contributed by atoms with Crippen LogP contribution in [0.3, 0.4) is 0 Å². The van der Waals surface area contributed by atoms with Crippen LogP contribution in [0.4, 0.5) is 0 Å². The summed E-state index contributed by atoms with van der Waals surface area (Å²) in [5.41, 5.74) is -0.0937. The van der Waals surface area contributed by atoms with E-state index in [0.717, 1.165) is 5.57 Å². The van der Waals surface area contributed by atoms with Crippen molar-refractivity contribution in [2.45, 2.75) is 32.3 Å². The standard InChI is InChI=1S/C14H23O5P/c1-11(2)14(16)7-5-6-12(9-14)8-13(15)10-20(17,18-3)19-4/h5-7,11,16H,8-10H2,1-4H3. The van der Waals surface area contributed by atoms with E-state index < -0.39 is 13.2 Å². The molecule has 5 nitrogen and oxygen atoms in total. The molecule has 0 saturated carbocycles. The molecule has 1 aliphatic carbocycles. The Bertz CT molecular complexity index is 458. The Morgan fingerprint density at radius 2 is 2.05 bits per heavy atom. The summed E-state index contributed by atoms with van der Waals surface area (Å²) in [5.74, 6) is -0.161. The molecular formula is C14H23O5P. The molecule has 0 aromatic rings. The molecule has 1 N–H and O–H groups in total. The van der Waals surface area contributed by atoms with Crippen LogP contribution < -0.4 is 0 Å². The Balaban J connectivity index is 2.66. The molecule has 0 aromatic heterocycles. The van der Waals surface area contributed by atoms with Crippen LogP contribution in [0.25, 0.3) is 0 Å². The van der Waals surface area contributed by atoms with Gasteiger partial charge in [0, 0.05) is 27.1 Å². The summed E-state index contributed by atoms with van der Waals surface area (Å²) < 4.78 is 21.4. The van der Waals surface area contributed by atoms with Gasteiger partial charge in [-0.25, -0.2) is 0 Å². The molecular weight excluding hydrogens is 279 g/mol. The average molecular weight is 302 g/mol. The van der Waals surface area contributed by atoms with Gasteiger partial charge in [0.2, 0.25) is 0 Å². The van der Waals surface area contributed by atoms with E-state index in [1.165, 1.54) is 14.2 Å². The van der Waals surface area contributed by atoms with Crippen LogP contribution in [0.5, 0.6) is 0 Å². The van der Waals surface area contributed by atoms with E-state index in [2.05, 4.69) is 0 Å². The number of Topliss-reactive ketones (excluding diaryl/α,β-unsaturated/α-hetero) is 1. The van der Waals surface area contributed by atoms with E-state index >= 15 is 0 Å². The van der Waals surface area contributed by atoms with Gasteiger partial charge in [-0.1, -0.05) is 37.6 Å². The highest BCUT2D eigenvalue weighted by atomic mass is 31.2. The van der Waals surface area contributed by atoms with Gasteiger partial charge in [-0.05, 0) is 5.92 Å². The minimum atomic E-state index is -3.31. The van der Waals surface area contributed by atoms with Crippen molar-refractivity contribution in [3.8, 4) is 0 Å². The summed E-state index contributed by atoms with van der Waals surface area (Å²) in [6.45, 7) is 3.86. The third kappa shape index (κ3) is 4.38. The van der Waals surface area contributed by atoms with E-state index in [1.54, 1.807) is 12.2 Å². The number of carbonyl (C=O) groups excluding carboxylic acids is 1. The Hall–Kier alpha value is -0.740. The lowest BCUT2D eigenvalue weighted by Gasteiger charge is -2.32. The highest BCUT2D eigenvalue weighted by Gasteiger charge is 2.32. The molecule has 0 aromatic carbocycles. The summed E-state index contributed by atoms with van der Waals surface area (Å²) in [6, 6.07) is 0. The SMILES string of the molecule is COP(=O)(CC(=O)CC1=CC=CC(O)(C(C)C)C1)OC. The third-order valence-electron chi connectivity index (χ3n) is 3.58. The molecule has 0 radical (unpaired) electrons. The van der Waals surface area contributed by atoms with Crippen LogP contribution in [-0.4, -0.2) is 36.9 Å². The van der Waals surface area contributed by atoms with Crippen molar-refractivity contribution in [1.29, 1.82) is 0 Å². The zero-order chi connectivity index (χ0) is 15.4. The van der Waals surface area contributed by atoms with Crippen LogP contribution >= 0.6 is 7.60 Å². The fraction of sp³-hybridized carbons (Fsp3) is 0.643. The van der Waals surface area contributed by atoms with Crippen molar-refractivity contribution in [3.63, 3.8) is 0 Å². The van der Waals surface area contributed by atoms with E-state index in [4.69, 9.17) is 9.05 Å². The van der Waals surface area contributed by atoms with E-state index in [1.807, 2.05) is 19.9 Å². The van der Waals surface area contributed by atoms with Crippen molar-refractivity contribution in [2.75, 3.05) is 20.4 Å². The van der Waals surface area contributed by atoms with Crippen molar-refractivity contribution in [3.05, 3.63) is 23.8 Å². The summed E-state index contributed by atoms with van der Waals surface area (Å²) in [5, 5.41) is 10.4. The maximum absolute atomic E-state index is 11.9. The first kappa shape index (κ1) is 17.3. The highest BCUT2D eigenvalue weighted by molar-refractivity contribution is 7.54. The van der Waals surface area contributed by atoms with Crippen molar-refractivity contribution in [1.82, 2.24) is 0 Å². The van der Waals surface area contributed by atoms with Gasteiger partial charge in [0.15, 0.2) is 0 Å². The zero-order valence-corrected chi connectivity index (χ0v) is 13.4. The number of ketones is 1. The van der Waals surface area contributed by atoms with E-state index in [9.17, 15) is 14.5 Å². The molecule has 1 unspecified atom stereocenters. The fourth-order valence-electron chi connectivity index (χ4n) is 2.08. The largest absolute Gasteiger partial charge is 0.385 e. The van der Waals surface area contributed by atoms with Gasteiger partial charge in [0.1, 0.15) is 11.9 Å². The first-order valence-electron chi connectivity index (χ1n) is 6.56. The molecule has 0 saturated heterocycles. The lowest BCUT2D eigenvalue weighted by molar-refractivity contribution is -0.116. The van der Waals surface area contributed by atoms with E-state index in [-0.39, 0.29) is 24.3 Å². The van der Waals surface area contributed by atoms with Gasteiger partial charge in [0.05, 0.1) is 5.60 Å². The molecule has 0 bridgehead atoms. The number of rotatable bonds is 7. The molecule has 0 amide bonds. The van der Waals surface area contributed by atoms with Crippen LogP contribution in [0.1, 0.15) is 26.7 Å². The molecule has 1 atom stereocenters. The molecule has 0 heterocycles. The zero-order valence-electron chi connectivity index (χ0n) is 12.5. The van der Waals surface area contributed by atoms with Crippen molar-refractivity contribution in [2.24, 2.45) is 5.92 Å². The monoisotopic (exact) mass is 302 g/mol. The Labute approximate surface area is 120 Å². The van der Waals surface area contributed by atoms with Crippen LogP contribution in [0, 0.1) is 5.92 Å². The second-order valence-corrected chi connectivity index (χ2v) is 7.62. The Morgan fingerprint density at radius 1 is 1.45 bits per heavy atom. The molecule has 0 aliphatic heterocycles. The van der Waals surface area contributed by atoms with Gasteiger partial charge in [-0.3, -0.25) is 9.36 Å². The molecule has 1 rings (SSSR count). The third-order valence-corrected chi connectivity index (χ3v) is 5.43. The predicted molar refractivity (Wildman–Crippen MR) is 77.7 cm³/mol. The van der Waals surface area contributed by atoms with Gasteiger partial charge in [0.25, 0.3) is 0 Å². The first-order chi connectivity index (χ1) is 9.24. The summed E-state index contributed by atoms with van der Waals surface area (Å²) >= 11 is 0. The fourth-order valence-corrected chi connectivity index (χ4v) is 3.03. The Kier molecular flexibility index (Phi) is 5.90. The smallest absolute Gasteiger partial charge is 0.337 e. The van der Waals surface area contributed by atoms with Crippen molar-refractivity contribution < 1.29 is 23.5 Å².